The molecular weight excluding hydrogens is 320 g/mol. The van der Waals surface area contributed by atoms with Crippen LogP contribution in [-0.2, 0) is 0 Å². The van der Waals surface area contributed by atoms with Gasteiger partial charge in [-0.15, -0.1) is 30.6 Å². The summed E-state index contributed by atoms with van der Waals surface area (Å²) in [5, 5.41) is 25.1. The molecule has 0 atom stereocenters. The number of fused-ring (bicyclic) bond motifs is 2. The van der Waals surface area contributed by atoms with Gasteiger partial charge in [0, 0.05) is 20.1 Å². The minimum absolute atomic E-state index is 0.376. The Kier molecular flexibility index (Phi) is 2.87. The largest absolute Gasteiger partial charge is 0.352 e. The van der Waals surface area contributed by atoms with Crippen molar-refractivity contribution in [1.82, 2.24) is 39.6 Å². The van der Waals surface area contributed by atoms with E-state index in [0.717, 1.165) is 41.8 Å². The first-order valence-electron chi connectivity index (χ1n) is 8.03. The molecule has 0 saturated carbocycles. The molecule has 0 aliphatic carbocycles. The number of hydrogen-bond donors (Lipinski definition) is 0. The summed E-state index contributed by atoms with van der Waals surface area (Å²) in [6.07, 6.45) is 1.61. The fraction of sp³-hybridized carbons (Fsp3) is 0.333. The summed E-state index contributed by atoms with van der Waals surface area (Å²) < 4.78 is 3.46. The summed E-state index contributed by atoms with van der Waals surface area (Å²) in [7, 11) is 2.06. The van der Waals surface area contributed by atoms with Gasteiger partial charge in [0.15, 0.2) is 17.1 Å². The number of aromatic nitrogens is 8. The predicted octanol–water partition coefficient (Wildman–Crippen LogP) is 0.195. The normalized spacial score (nSPS) is 15.0. The monoisotopic (exact) mass is 336 g/mol. The SMILES string of the molecule is Cc1nnc2ccc(N3CC(N(C)c4ccc5nncn5n4)C3)nn12. The van der Waals surface area contributed by atoms with Gasteiger partial charge in [0.25, 0.3) is 0 Å². The first-order valence-corrected chi connectivity index (χ1v) is 8.03. The highest BCUT2D eigenvalue weighted by Crippen LogP contribution is 2.24. The van der Waals surface area contributed by atoms with Gasteiger partial charge in [0.1, 0.15) is 18.0 Å². The average molecular weight is 336 g/mol. The Hall–Kier alpha value is -3.30. The average Bonchev–Trinajstić information content (AvgIpc) is 3.19. The fourth-order valence-electron chi connectivity index (χ4n) is 3.04. The summed E-state index contributed by atoms with van der Waals surface area (Å²) in [4.78, 5) is 4.41. The zero-order chi connectivity index (χ0) is 17.0. The van der Waals surface area contributed by atoms with Crippen molar-refractivity contribution in [1.29, 1.82) is 0 Å². The molecule has 10 heteroatoms. The topological polar surface area (TPSA) is 92.6 Å². The lowest BCUT2D eigenvalue weighted by Gasteiger charge is -2.44. The van der Waals surface area contributed by atoms with E-state index in [0.29, 0.717) is 6.04 Å². The molecule has 1 fully saturated rings. The van der Waals surface area contributed by atoms with E-state index in [4.69, 9.17) is 0 Å². The van der Waals surface area contributed by atoms with Crippen LogP contribution in [0.3, 0.4) is 0 Å². The minimum atomic E-state index is 0.376. The van der Waals surface area contributed by atoms with Crippen molar-refractivity contribution in [3.8, 4) is 0 Å². The molecule has 10 nitrogen and oxygen atoms in total. The van der Waals surface area contributed by atoms with Gasteiger partial charge in [-0.1, -0.05) is 0 Å². The number of aryl methyl sites for hydroxylation is 1. The van der Waals surface area contributed by atoms with E-state index in [1.807, 2.05) is 31.2 Å². The molecule has 1 aliphatic heterocycles. The number of likely N-dealkylation sites (N-methyl/N-ethyl adjacent to an activating group) is 1. The van der Waals surface area contributed by atoms with Crippen molar-refractivity contribution >= 4 is 22.9 Å². The van der Waals surface area contributed by atoms with Gasteiger partial charge in [-0.05, 0) is 31.2 Å². The van der Waals surface area contributed by atoms with E-state index in [2.05, 4.69) is 47.4 Å². The van der Waals surface area contributed by atoms with Gasteiger partial charge in [0.05, 0.1) is 6.04 Å². The third kappa shape index (κ3) is 2.17. The maximum Gasteiger partial charge on any atom is 0.178 e. The third-order valence-electron chi connectivity index (χ3n) is 4.65. The highest BCUT2D eigenvalue weighted by atomic mass is 15.4. The second kappa shape index (κ2) is 5.10. The van der Waals surface area contributed by atoms with Crippen molar-refractivity contribution < 1.29 is 0 Å². The molecule has 0 bridgehead atoms. The molecule has 0 spiro atoms. The first-order chi connectivity index (χ1) is 12.2. The number of hydrogen-bond acceptors (Lipinski definition) is 8. The summed E-state index contributed by atoms with van der Waals surface area (Å²) >= 11 is 0. The Morgan fingerprint density at radius 2 is 1.84 bits per heavy atom. The molecule has 4 aromatic heterocycles. The summed E-state index contributed by atoms with van der Waals surface area (Å²) in [5.41, 5.74) is 1.51. The number of rotatable bonds is 3. The predicted molar refractivity (Wildman–Crippen MR) is 90.7 cm³/mol. The van der Waals surface area contributed by atoms with Gasteiger partial charge < -0.3 is 9.80 Å². The van der Waals surface area contributed by atoms with Crippen LogP contribution in [0.15, 0.2) is 30.6 Å². The lowest BCUT2D eigenvalue weighted by atomic mass is 10.1. The van der Waals surface area contributed by atoms with Gasteiger partial charge >= 0.3 is 0 Å². The molecule has 0 radical (unpaired) electrons. The molecule has 0 N–H and O–H groups in total. The zero-order valence-corrected chi connectivity index (χ0v) is 13.9. The lowest BCUT2D eigenvalue weighted by molar-refractivity contribution is 0.485. The maximum absolute atomic E-state index is 4.62. The second-order valence-electron chi connectivity index (χ2n) is 6.20. The molecular formula is C15H16N10. The smallest absolute Gasteiger partial charge is 0.178 e. The van der Waals surface area contributed by atoms with E-state index >= 15 is 0 Å². The van der Waals surface area contributed by atoms with Crippen LogP contribution in [-0.4, -0.2) is 65.8 Å². The quantitative estimate of drug-likeness (QED) is 0.524. The lowest BCUT2D eigenvalue weighted by Crippen LogP contribution is -2.59. The third-order valence-corrected chi connectivity index (χ3v) is 4.65. The van der Waals surface area contributed by atoms with Crippen molar-refractivity contribution in [2.24, 2.45) is 0 Å². The van der Waals surface area contributed by atoms with Crippen LogP contribution in [0.4, 0.5) is 11.6 Å². The van der Waals surface area contributed by atoms with Crippen molar-refractivity contribution in [2.75, 3.05) is 29.9 Å². The standard InChI is InChI=1S/C15H16N10/c1-10-17-19-13-4-6-15(21-25(10)13)23-7-11(8-23)22(2)14-5-3-12-18-16-9-24(12)20-14/h3-6,9,11H,7-8H2,1-2H3. The van der Waals surface area contributed by atoms with Gasteiger partial charge in [-0.3, -0.25) is 0 Å². The van der Waals surface area contributed by atoms with Crippen molar-refractivity contribution in [2.45, 2.75) is 13.0 Å². The Morgan fingerprint density at radius 1 is 1.00 bits per heavy atom. The van der Waals surface area contributed by atoms with E-state index in [1.165, 1.54) is 0 Å². The van der Waals surface area contributed by atoms with Crippen molar-refractivity contribution in [3.05, 3.63) is 36.4 Å². The fourth-order valence-corrected chi connectivity index (χ4v) is 3.04. The zero-order valence-electron chi connectivity index (χ0n) is 13.9. The van der Waals surface area contributed by atoms with Crippen LogP contribution in [0.25, 0.3) is 11.3 Å². The highest BCUT2D eigenvalue weighted by Gasteiger charge is 2.32. The van der Waals surface area contributed by atoms with E-state index < -0.39 is 0 Å². The second-order valence-corrected chi connectivity index (χ2v) is 6.20. The van der Waals surface area contributed by atoms with E-state index in [9.17, 15) is 0 Å². The van der Waals surface area contributed by atoms with Crippen LogP contribution < -0.4 is 9.80 Å². The van der Waals surface area contributed by atoms with Crippen molar-refractivity contribution in [3.63, 3.8) is 0 Å². The first kappa shape index (κ1) is 14.1. The van der Waals surface area contributed by atoms with Crippen LogP contribution in [0, 0.1) is 6.92 Å². The molecule has 4 aromatic rings. The molecule has 5 rings (SSSR count). The Morgan fingerprint density at radius 3 is 2.72 bits per heavy atom. The van der Waals surface area contributed by atoms with E-state index in [-0.39, 0.29) is 0 Å². The van der Waals surface area contributed by atoms with Gasteiger partial charge in [-0.2, -0.15) is 9.03 Å². The summed E-state index contributed by atoms with van der Waals surface area (Å²) in [6.45, 7) is 3.67. The molecule has 25 heavy (non-hydrogen) atoms. The molecule has 126 valence electrons. The minimum Gasteiger partial charge on any atom is -0.352 e. The highest BCUT2D eigenvalue weighted by molar-refractivity contribution is 5.51. The molecule has 1 aliphatic rings. The van der Waals surface area contributed by atoms with Crippen LogP contribution in [0.1, 0.15) is 5.82 Å². The summed E-state index contributed by atoms with van der Waals surface area (Å²) in [5.74, 6) is 2.62. The Labute approximate surface area is 142 Å². The van der Waals surface area contributed by atoms with Crippen LogP contribution in [0.5, 0.6) is 0 Å². The molecule has 1 saturated heterocycles. The molecule has 0 amide bonds. The van der Waals surface area contributed by atoms with Gasteiger partial charge in [0.2, 0.25) is 0 Å². The molecule has 0 unspecified atom stereocenters. The maximum atomic E-state index is 4.62. The molecule has 0 aromatic carbocycles. The molecule has 5 heterocycles. The Balaban J connectivity index is 1.33. The number of nitrogens with zero attached hydrogens (tertiary/aromatic N) is 10. The van der Waals surface area contributed by atoms with Gasteiger partial charge in [-0.25, -0.2) is 0 Å². The van der Waals surface area contributed by atoms with Crippen LogP contribution >= 0.6 is 0 Å². The van der Waals surface area contributed by atoms with E-state index in [1.54, 1.807) is 15.4 Å². The number of anilines is 2. The van der Waals surface area contributed by atoms with Crippen LogP contribution in [0.2, 0.25) is 0 Å². The summed E-state index contributed by atoms with van der Waals surface area (Å²) in [6, 6.07) is 8.20. The Bertz CT molecular complexity index is 1060.